The Labute approximate surface area is 171 Å². The highest BCUT2D eigenvalue weighted by molar-refractivity contribution is 5.93. The molecule has 0 spiro atoms. The molecule has 0 saturated carbocycles. The number of carbonyl (C=O) groups excluding carboxylic acids is 2. The molecule has 8 nitrogen and oxygen atoms in total. The molecule has 30 heavy (non-hydrogen) atoms. The third kappa shape index (κ3) is 4.88. The number of hydrogen-bond donors (Lipinski definition) is 2. The molecule has 2 aromatic carbocycles. The van der Waals surface area contributed by atoms with Crippen LogP contribution < -0.4 is 21.0 Å². The van der Waals surface area contributed by atoms with Gasteiger partial charge in [0.05, 0.1) is 0 Å². The van der Waals surface area contributed by atoms with Gasteiger partial charge in [0.1, 0.15) is 17.3 Å². The second-order valence-electron chi connectivity index (χ2n) is 6.47. The second-order valence-corrected chi connectivity index (χ2v) is 6.47. The number of hydrazine groups is 1. The third-order valence-corrected chi connectivity index (χ3v) is 4.08. The molecule has 2 amide bonds. The van der Waals surface area contributed by atoms with Crippen LogP contribution in [0.4, 0.5) is 4.39 Å². The number of ether oxygens (including phenoxy) is 1. The first-order chi connectivity index (χ1) is 14.3. The molecular weight excluding hydrogens is 391 g/mol. The lowest BCUT2D eigenvalue weighted by Crippen LogP contribution is -2.45. The van der Waals surface area contributed by atoms with Crippen molar-refractivity contribution in [2.45, 2.75) is 13.8 Å². The van der Waals surface area contributed by atoms with E-state index < -0.39 is 28.8 Å². The van der Waals surface area contributed by atoms with Crippen LogP contribution in [0.2, 0.25) is 0 Å². The predicted octanol–water partition coefficient (Wildman–Crippen LogP) is 1.83. The Morgan fingerprint density at radius 1 is 1.07 bits per heavy atom. The summed E-state index contributed by atoms with van der Waals surface area (Å²) in [6.45, 7) is 3.10. The van der Waals surface area contributed by atoms with Crippen LogP contribution in [-0.2, 0) is 4.79 Å². The number of nitrogens with zero attached hydrogens (tertiary/aromatic N) is 2. The van der Waals surface area contributed by atoms with Crippen LogP contribution in [-0.4, -0.2) is 28.2 Å². The summed E-state index contributed by atoms with van der Waals surface area (Å²) in [5.74, 6) is -1.63. The molecule has 9 heteroatoms. The highest BCUT2D eigenvalue weighted by Crippen LogP contribution is 2.13. The predicted molar refractivity (Wildman–Crippen MR) is 107 cm³/mol. The lowest BCUT2D eigenvalue weighted by atomic mass is 10.2. The summed E-state index contributed by atoms with van der Waals surface area (Å²) < 4.78 is 20.6. The molecule has 3 rings (SSSR count). The molecule has 0 fully saturated rings. The summed E-state index contributed by atoms with van der Waals surface area (Å²) >= 11 is 0. The van der Waals surface area contributed by atoms with E-state index in [0.29, 0.717) is 11.4 Å². The van der Waals surface area contributed by atoms with Gasteiger partial charge in [0.15, 0.2) is 12.3 Å². The molecule has 0 unspecified atom stereocenters. The van der Waals surface area contributed by atoms with Gasteiger partial charge in [0, 0.05) is 11.8 Å². The van der Waals surface area contributed by atoms with Crippen LogP contribution in [0.3, 0.4) is 0 Å². The number of para-hydroxylation sites is 1. The number of halogens is 1. The van der Waals surface area contributed by atoms with Crippen molar-refractivity contribution in [2.24, 2.45) is 0 Å². The zero-order valence-corrected chi connectivity index (χ0v) is 16.3. The summed E-state index contributed by atoms with van der Waals surface area (Å²) in [6, 6.07) is 14.1. The van der Waals surface area contributed by atoms with Gasteiger partial charge >= 0.3 is 0 Å². The lowest BCUT2D eigenvalue weighted by Gasteiger charge is -2.12. The minimum Gasteiger partial charge on any atom is -0.484 e. The molecule has 0 bridgehead atoms. The smallest absolute Gasteiger partial charge is 0.294 e. The van der Waals surface area contributed by atoms with E-state index in [4.69, 9.17) is 4.74 Å². The molecule has 0 radical (unpaired) electrons. The maximum atomic E-state index is 14.1. The molecule has 1 aromatic heterocycles. The quantitative estimate of drug-likeness (QED) is 0.625. The summed E-state index contributed by atoms with van der Waals surface area (Å²) in [7, 11) is 0. The average molecular weight is 410 g/mol. The van der Waals surface area contributed by atoms with Gasteiger partial charge in [-0.3, -0.25) is 25.2 Å². The Morgan fingerprint density at radius 2 is 1.83 bits per heavy atom. The maximum Gasteiger partial charge on any atom is 0.294 e. The van der Waals surface area contributed by atoms with Crippen LogP contribution in [0.25, 0.3) is 5.69 Å². The Kier molecular flexibility index (Phi) is 6.21. The van der Waals surface area contributed by atoms with Gasteiger partial charge in [0.2, 0.25) is 5.43 Å². The lowest BCUT2D eigenvalue weighted by molar-refractivity contribution is -0.123. The molecule has 0 aliphatic heterocycles. The fraction of sp³-hybridized carbons (Fsp3) is 0.143. The molecule has 0 aliphatic rings. The molecule has 2 N–H and O–H groups in total. The van der Waals surface area contributed by atoms with Gasteiger partial charge in [-0.2, -0.15) is 5.10 Å². The number of aryl methyl sites for hydroxylation is 2. The van der Waals surface area contributed by atoms with Gasteiger partial charge in [0.25, 0.3) is 11.8 Å². The monoisotopic (exact) mass is 410 g/mol. The molecule has 1 heterocycles. The largest absolute Gasteiger partial charge is 0.484 e. The average Bonchev–Trinajstić information content (AvgIpc) is 2.71. The first kappa shape index (κ1) is 20.7. The first-order valence-electron chi connectivity index (χ1n) is 8.99. The number of aromatic nitrogens is 2. The van der Waals surface area contributed by atoms with Crippen LogP contribution in [0.15, 0.2) is 59.4 Å². The molecule has 154 valence electrons. The van der Waals surface area contributed by atoms with Crippen LogP contribution in [0.1, 0.15) is 21.7 Å². The van der Waals surface area contributed by atoms with Crippen LogP contribution in [0, 0.1) is 19.7 Å². The van der Waals surface area contributed by atoms with E-state index in [9.17, 15) is 18.8 Å². The summed E-state index contributed by atoms with van der Waals surface area (Å²) in [6.07, 6.45) is 0. The SMILES string of the molecule is Cc1cccc(OCC(=O)NNC(=O)c2nn(-c3ccccc3F)c(C)cc2=O)c1. The van der Waals surface area contributed by atoms with Crippen molar-refractivity contribution < 1.29 is 18.7 Å². The zero-order chi connectivity index (χ0) is 21.7. The summed E-state index contributed by atoms with van der Waals surface area (Å²) in [5, 5.41) is 3.95. The highest BCUT2D eigenvalue weighted by atomic mass is 19.1. The van der Waals surface area contributed by atoms with Gasteiger partial charge < -0.3 is 4.74 Å². The van der Waals surface area contributed by atoms with Crippen molar-refractivity contribution in [2.75, 3.05) is 6.61 Å². The summed E-state index contributed by atoms with van der Waals surface area (Å²) in [4.78, 5) is 36.4. The van der Waals surface area contributed by atoms with Gasteiger partial charge in [-0.1, -0.05) is 24.3 Å². The molecule has 3 aromatic rings. The number of nitrogens with one attached hydrogen (secondary N) is 2. The van der Waals surface area contributed by atoms with E-state index in [1.54, 1.807) is 31.2 Å². The van der Waals surface area contributed by atoms with Gasteiger partial charge in [-0.25, -0.2) is 9.07 Å². The van der Waals surface area contributed by atoms with E-state index in [1.807, 2.05) is 13.0 Å². The van der Waals surface area contributed by atoms with E-state index >= 15 is 0 Å². The molecule has 0 atom stereocenters. The Hall–Kier alpha value is -4.01. The Bertz CT molecular complexity index is 1160. The van der Waals surface area contributed by atoms with E-state index in [1.165, 1.54) is 18.2 Å². The third-order valence-electron chi connectivity index (χ3n) is 4.08. The number of rotatable bonds is 5. The zero-order valence-electron chi connectivity index (χ0n) is 16.3. The topological polar surface area (TPSA) is 102 Å². The number of benzene rings is 2. The number of carbonyl (C=O) groups is 2. The molecular formula is C21H19FN4O4. The fourth-order valence-electron chi connectivity index (χ4n) is 2.65. The highest BCUT2D eigenvalue weighted by Gasteiger charge is 2.17. The molecule has 0 saturated heterocycles. The summed E-state index contributed by atoms with van der Waals surface area (Å²) in [5.41, 5.74) is 4.50. The van der Waals surface area contributed by atoms with Gasteiger partial charge in [-0.05, 0) is 43.7 Å². The minimum absolute atomic E-state index is 0.0830. The maximum absolute atomic E-state index is 14.1. The van der Waals surface area contributed by atoms with E-state index in [-0.39, 0.29) is 12.3 Å². The van der Waals surface area contributed by atoms with E-state index in [0.717, 1.165) is 16.3 Å². The van der Waals surface area contributed by atoms with Crippen molar-refractivity contribution in [1.29, 1.82) is 0 Å². The Balaban J connectivity index is 1.68. The van der Waals surface area contributed by atoms with Crippen molar-refractivity contribution in [3.63, 3.8) is 0 Å². The standard InChI is InChI=1S/C21H19FN4O4/c1-13-6-5-7-15(10-13)30-12-19(28)23-24-21(29)20-18(27)11-14(2)26(25-20)17-9-4-3-8-16(17)22/h3-11H,12H2,1-2H3,(H,23,28)(H,24,29). The van der Waals surface area contributed by atoms with Crippen molar-refractivity contribution in [1.82, 2.24) is 20.6 Å². The van der Waals surface area contributed by atoms with E-state index in [2.05, 4.69) is 16.0 Å². The number of amides is 2. The van der Waals surface area contributed by atoms with Crippen molar-refractivity contribution in [3.05, 3.63) is 87.6 Å². The molecule has 0 aliphatic carbocycles. The van der Waals surface area contributed by atoms with Crippen LogP contribution >= 0.6 is 0 Å². The van der Waals surface area contributed by atoms with Crippen molar-refractivity contribution >= 4 is 11.8 Å². The Morgan fingerprint density at radius 3 is 2.57 bits per heavy atom. The van der Waals surface area contributed by atoms with Crippen molar-refractivity contribution in [3.8, 4) is 11.4 Å². The second kappa shape index (κ2) is 8.99. The fourth-order valence-corrected chi connectivity index (χ4v) is 2.65. The normalized spacial score (nSPS) is 10.4. The minimum atomic E-state index is -0.936. The van der Waals surface area contributed by atoms with Gasteiger partial charge in [-0.15, -0.1) is 0 Å². The number of hydrogen-bond acceptors (Lipinski definition) is 5. The van der Waals surface area contributed by atoms with Crippen LogP contribution in [0.5, 0.6) is 5.75 Å². The first-order valence-corrected chi connectivity index (χ1v) is 8.99.